The standard InChI is InChI=1S/C18H25F4N3OS/c1-4-13-6-5-9-25(13)11-16-17(24-27(16,22)23-2)12-7-8-15(26-3)14(10-12)18(19,20)21/h7-8,10,13,23-24H,4-6,9,11H2,1-3H3. The molecule has 2 N–H and O–H groups in total. The second-order valence-electron chi connectivity index (χ2n) is 6.73. The zero-order valence-electron chi connectivity index (χ0n) is 15.6. The highest BCUT2D eigenvalue weighted by atomic mass is 32.3. The molecule has 0 spiro atoms. The maximum Gasteiger partial charge on any atom is 0.419 e. The Balaban J connectivity index is 1.99. The Labute approximate surface area is 158 Å². The molecule has 152 valence electrons. The molecule has 2 atom stereocenters. The first kappa shape index (κ1) is 20.3. The Bertz CT molecular complexity index is 740. The molecule has 0 aliphatic carbocycles. The van der Waals surface area contributed by atoms with Gasteiger partial charge in [0.1, 0.15) is 5.75 Å². The minimum Gasteiger partial charge on any atom is -0.496 e. The van der Waals surface area contributed by atoms with Crippen LogP contribution in [-0.4, -0.2) is 38.2 Å². The lowest BCUT2D eigenvalue weighted by molar-refractivity contribution is -0.138. The third-order valence-electron chi connectivity index (χ3n) is 5.25. The lowest BCUT2D eigenvalue weighted by Gasteiger charge is -2.46. The van der Waals surface area contributed by atoms with E-state index in [1.165, 1.54) is 26.3 Å². The lowest BCUT2D eigenvalue weighted by Crippen LogP contribution is -2.43. The molecule has 0 radical (unpaired) electrons. The summed E-state index contributed by atoms with van der Waals surface area (Å²) in [5.41, 5.74) is -0.0993. The monoisotopic (exact) mass is 407 g/mol. The number of nitrogens with zero attached hydrogens (tertiary/aromatic N) is 1. The van der Waals surface area contributed by atoms with Crippen molar-refractivity contribution in [1.82, 2.24) is 14.3 Å². The average molecular weight is 407 g/mol. The van der Waals surface area contributed by atoms with Crippen molar-refractivity contribution in [2.75, 3.05) is 27.2 Å². The zero-order valence-corrected chi connectivity index (χ0v) is 16.4. The first-order valence-electron chi connectivity index (χ1n) is 8.95. The molecule has 9 heteroatoms. The van der Waals surface area contributed by atoms with Crippen molar-refractivity contribution in [1.29, 1.82) is 0 Å². The van der Waals surface area contributed by atoms with Gasteiger partial charge in [-0.3, -0.25) is 4.90 Å². The van der Waals surface area contributed by atoms with Crippen molar-refractivity contribution in [2.24, 2.45) is 0 Å². The largest absolute Gasteiger partial charge is 0.496 e. The number of hydrogen-bond donors (Lipinski definition) is 2. The molecule has 1 aromatic rings. The highest BCUT2D eigenvalue weighted by Gasteiger charge is 2.43. The van der Waals surface area contributed by atoms with E-state index >= 15 is 3.89 Å². The second kappa shape index (κ2) is 7.52. The zero-order chi connectivity index (χ0) is 19.8. The van der Waals surface area contributed by atoms with Crippen LogP contribution in [0.15, 0.2) is 23.1 Å². The molecule has 2 heterocycles. The summed E-state index contributed by atoms with van der Waals surface area (Å²) in [4.78, 5) is 2.74. The van der Waals surface area contributed by atoms with Gasteiger partial charge in [-0.15, -0.1) is 3.89 Å². The van der Waals surface area contributed by atoms with Crippen molar-refractivity contribution < 1.29 is 21.8 Å². The molecule has 1 fully saturated rings. The third kappa shape index (κ3) is 3.77. The number of methoxy groups -OCH3 is 1. The fraction of sp³-hybridized carbons (Fsp3) is 0.556. The van der Waals surface area contributed by atoms with Gasteiger partial charge in [-0.1, -0.05) is 6.92 Å². The van der Waals surface area contributed by atoms with Crippen LogP contribution in [0.5, 0.6) is 5.75 Å². The van der Waals surface area contributed by atoms with Gasteiger partial charge in [0.2, 0.25) is 0 Å². The van der Waals surface area contributed by atoms with E-state index in [1.807, 2.05) is 0 Å². The van der Waals surface area contributed by atoms with Gasteiger partial charge in [-0.25, -0.2) is 4.72 Å². The molecule has 4 nitrogen and oxygen atoms in total. The van der Waals surface area contributed by atoms with Crippen LogP contribution in [0.2, 0.25) is 0 Å². The third-order valence-corrected chi connectivity index (χ3v) is 7.31. The van der Waals surface area contributed by atoms with Crippen LogP contribution in [0.25, 0.3) is 5.70 Å². The van der Waals surface area contributed by atoms with Crippen molar-refractivity contribution in [3.05, 3.63) is 34.2 Å². The van der Waals surface area contributed by atoms with Gasteiger partial charge in [-0.2, -0.15) is 13.2 Å². The van der Waals surface area contributed by atoms with E-state index in [-0.39, 0.29) is 5.75 Å². The molecule has 1 saturated heterocycles. The molecule has 2 unspecified atom stereocenters. The predicted octanol–water partition coefficient (Wildman–Crippen LogP) is 4.60. The Morgan fingerprint density at radius 1 is 1.37 bits per heavy atom. The SMILES string of the molecule is CCC1CCCN1CC1=C(c2ccc(OC)c(C(F)(F)F)c2)NS1(F)NC. The molecular formula is C18H25F4N3OS. The quantitative estimate of drug-likeness (QED) is 0.676. The topological polar surface area (TPSA) is 36.5 Å². The van der Waals surface area contributed by atoms with Gasteiger partial charge in [0.05, 0.1) is 34.1 Å². The summed E-state index contributed by atoms with van der Waals surface area (Å²) in [6, 6.07) is 4.23. The van der Waals surface area contributed by atoms with Gasteiger partial charge in [0.25, 0.3) is 0 Å². The first-order chi connectivity index (χ1) is 12.7. The number of benzene rings is 1. The number of hydrogen-bond acceptors (Lipinski definition) is 4. The van der Waals surface area contributed by atoms with Crippen LogP contribution in [0, 0.1) is 0 Å². The van der Waals surface area contributed by atoms with Crippen LogP contribution in [0.4, 0.5) is 17.1 Å². The Hall–Kier alpha value is -1.45. The van der Waals surface area contributed by atoms with E-state index < -0.39 is 22.5 Å². The van der Waals surface area contributed by atoms with Gasteiger partial charge in [0.15, 0.2) is 0 Å². The Morgan fingerprint density at radius 3 is 2.70 bits per heavy atom. The number of nitrogens with one attached hydrogen (secondary N) is 2. The van der Waals surface area contributed by atoms with Gasteiger partial charge >= 0.3 is 6.18 Å². The van der Waals surface area contributed by atoms with Crippen molar-refractivity contribution in [2.45, 2.75) is 38.4 Å². The van der Waals surface area contributed by atoms with Crippen molar-refractivity contribution >= 4 is 16.5 Å². The fourth-order valence-corrected chi connectivity index (χ4v) is 5.39. The maximum atomic E-state index is 15.1. The maximum absolute atomic E-state index is 15.1. The number of alkyl halides is 3. The normalized spacial score (nSPS) is 28.5. The lowest BCUT2D eigenvalue weighted by atomic mass is 10.1. The summed E-state index contributed by atoms with van der Waals surface area (Å²) in [5.74, 6) is -0.245. The fourth-order valence-electron chi connectivity index (χ4n) is 3.75. The molecule has 0 bridgehead atoms. The number of halogens is 4. The van der Waals surface area contributed by atoms with E-state index in [4.69, 9.17) is 4.74 Å². The predicted molar refractivity (Wildman–Crippen MR) is 101 cm³/mol. The van der Waals surface area contributed by atoms with Crippen LogP contribution in [0.1, 0.15) is 37.3 Å². The minimum atomic E-state index is -4.54. The molecular weight excluding hydrogens is 382 g/mol. The second-order valence-corrected chi connectivity index (χ2v) is 8.91. The highest BCUT2D eigenvalue weighted by molar-refractivity contribution is 8.31. The van der Waals surface area contributed by atoms with Crippen LogP contribution in [-0.2, 0) is 6.18 Å². The van der Waals surface area contributed by atoms with Crippen LogP contribution < -0.4 is 14.2 Å². The summed E-state index contributed by atoms with van der Waals surface area (Å²) >= 11 is 0. The highest BCUT2D eigenvalue weighted by Crippen LogP contribution is 2.61. The molecule has 0 aromatic heterocycles. The Kier molecular flexibility index (Phi) is 5.65. The summed E-state index contributed by atoms with van der Waals surface area (Å²) < 4.78 is 65.4. The summed E-state index contributed by atoms with van der Waals surface area (Å²) in [6.45, 7) is 3.40. The molecule has 2 aliphatic heterocycles. The van der Waals surface area contributed by atoms with Crippen molar-refractivity contribution in [3.63, 3.8) is 0 Å². The summed E-state index contributed by atoms with van der Waals surface area (Å²) in [6.07, 6.45) is -1.44. The minimum absolute atomic E-state index is 0.245. The first-order valence-corrected chi connectivity index (χ1v) is 10.5. The van der Waals surface area contributed by atoms with Crippen molar-refractivity contribution in [3.8, 4) is 5.75 Å². The molecule has 0 amide bonds. The van der Waals surface area contributed by atoms with Gasteiger partial charge in [0, 0.05) is 18.2 Å². The molecule has 3 rings (SSSR count). The van der Waals surface area contributed by atoms with E-state index in [1.54, 1.807) is 0 Å². The van der Waals surface area contributed by atoms with Crippen LogP contribution >= 0.6 is 10.8 Å². The number of likely N-dealkylation sites (tertiary alicyclic amines) is 1. The molecule has 27 heavy (non-hydrogen) atoms. The summed E-state index contributed by atoms with van der Waals surface area (Å²) in [5, 5.41) is 0. The van der Waals surface area contributed by atoms with Crippen LogP contribution in [0.3, 0.4) is 0 Å². The van der Waals surface area contributed by atoms with E-state index in [0.29, 0.717) is 28.8 Å². The number of ether oxygens (including phenoxy) is 1. The van der Waals surface area contributed by atoms with E-state index in [9.17, 15) is 13.2 Å². The molecule has 1 aromatic carbocycles. The molecule has 0 saturated carbocycles. The van der Waals surface area contributed by atoms with E-state index in [0.717, 1.165) is 31.9 Å². The Morgan fingerprint density at radius 2 is 2.11 bits per heavy atom. The van der Waals surface area contributed by atoms with E-state index in [2.05, 4.69) is 21.3 Å². The number of rotatable bonds is 6. The average Bonchev–Trinajstić information content (AvgIpc) is 3.10. The molecule has 2 aliphatic rings. The van der Waals surface area contributed by atoms with Gasteiger partial charge < -0.3 is 9.46 Å². The van der Waals surface area contributed by atoms with Gasteiger partial charge in [-0.05, 0) is 51.1 Å². The smallest absolute Gasteiger partial charge is 0.419 e. The summed E-state index contributed by atoms with van der Waals surface area (Å²) in [7, 11) is -0.148.